The van der Waals surface area contributed by atoms with E-state index in [-0.39, 0.29) is 0 Å². The average molecular weight is 175 g/mol. The Kier molecular flexibility index (Phi) is 6.46. The molecule has 0 saturated heterocycles. The highest BCUT2D eigenvalue weighted by Crippen LogP contribution is 1.93. The second-order valence-corrected chi connectivity index (χ2v) is 2.81. The molecule has 66 valence electrons. The average Bonchev–Trinajstić information content (AvgIpc) is 2.06. The molecule has 0 unspecified atom stereocenters. The molecular formula is C8H17NOS. The van der Waals surface area contributed by atoms with E-state index in [4.69, 9.17) is 17.0 Å². The molecule has 0 heterocycles. The second kappa shape index (κ2) is 6.55. The lowest BCUT2D eigenvalue weighted by atomic mass is 10.4. The van der Waals surface area contributed by atoms with Gasteiger partial charge < -0.3 is 9.64 Å². The van der Waals surface area contributed by atoms with Crippen LogP contribution in [0.4, 0.5) is 0 Å². The number of hydrogen-bond donors (Lipinski definition) is 0. The first-order valence-corrected chi connectivity index (χ1v) is 4.44. The Morgan fingerprint density at radius 2 is 1.91 bits per heavy atom. The number of methoxy groups -OCH3 is 1. The van der Waals surface area contributed by atoms with Crippen LogP contribution in [0.3, 0.4) is 0 Å². The van der Waals surface area contributed by atoms with Crippen LogP contribution in [0, 0.1) is 0 Å². The highest BCUT2D eigenvalue weighted by Gasteiger charge is 2.00. The predicted octanol–water partition coefficient (Wildman–Crippen LogP) is 1.69. The molecule has 0 amide bonds. The van der Waals surface area contributed by atoms with Crippen molar-refractivity contribution in [2.45, 2.75) is 20.3 Å². The summed E-state index contributed by atoms with van der Waals surface area (Å²) in [5.74, 6) is 0. The van der Waals surface area contributed by atoms with Gasteiger partial charge in [-0.25, -0.2) is 0 Å². The van der Waals surface area contributed by atoms with Crippen molar-refractivity contribution < 1.29 is 4.74 Å². The molecule has 0 atom stereocenters. The molecule has 0 rings (SSSR count). The molecule has 0 aliphatic carbocycles. The molecule has 0 radical (unpaired) electrons. The number of nitrogens with zero attached hydrogens (tertiary/aromatic N) is 1. The fraction of sp³-hybridized carbons (Fsp3) is 0.875. The summed E-state index contributed by atoms with van der Waals surface area (Å²) in [5, 5.41) is 0.705. The molecule has 0 N–H and O–H groups in total. The van der Waals surface area contributed by atoms with Crippen molar-refractivity contribution in [2.75, 3.05) is 26.7 Å². The molecule has 0 bridgehead atoms. The Morgan fingerprint density at radius 3 is 2.27 bits per heavy atom. The van der Waals surface area contributed by atoms with Gasteiger partial charge in [0, 0.05) is 13.0 Å². The van der Waals surface area contributed by atoms with Gasteiger partial charge in [0.1, 0.15) is 0 Å². The van der Waals surface area contributed by atoms with Crippen LogP contribution in [-0.2, 0) is 4.74 Å². The monoisotopic (exact) mass is 175 g/mol. The maximum absolute atomic E-state index is 4.92. The zero-order valence-electron chi connectivity index (χ0n) is 7.59. The van der Waals surface area contributed by atoms with Gasteiger partial charge in [-0.2, -0.15) is 0 Å². The van der Waals surface area contributed by atoms with Gasteiger partial charge in [-0.05, 0) is 25.3 Å². The summed E-state index contributed by atoms with van der Waals surface area (Å²) in [5.41, 5.74) is 0. The maximum atomic E-state index is 4.92. The molecule has 0 saturated carbocycles. The Morgan fingerprint density at radius 1 is 1.36 bits per heavy atom. The summed E-state index contributed by atoms with van der Waals surface area (Å²) in [6.45, 7) is 7.49. The van der Waals surface area contributed by atoms with Gasteiger partial charge in [0.25, 0.3) is 0 Å². The van der Waals surface area contributed by atoms with Crippen LogP contribution >= 0.6 is 12.2 Å². The summed E-state index contributed by atoms with van der Waals surface area (Å²) >= 11 is 4.92. The Bertz CT molecular complexity index is 113. The molecule has 0 aromatic rings. The third-order valence-electron chi connectivity index (χ3n) is 1.75. The van der Waals surface area contributed by atoms with Crippen molar-refractivity contribution in [2.24, 2.45) is 0 Å². The SMILES string of the molecule is CCN(CC)CCC(=S)OC. The zero-order chi connectivity index (χ0) is 8.69. The van der Waals surface area contributed by atoms with Gasteiger partial charge in [-0.15, -0.1) is 0 Å². The minimum atomic E-state index is 0.705. The number of rotatable bonds is 5. The van der Waals surface area contributed by atoms with E-state index in [0.717, 1.165) is 26.1 Å². The van der Waals surface area contributed by atoms with E-state index in [1.807, 2.05) is 0 Å². The lowest BCUT2D eigenvalue weighted by Gasteiger charge is -2.17. The molecule has 0 aliphatic rings. The first kappa shape index (κ1) is 10.8. The largest absolute Gasteiger partial charge is 0.490 e. The molecule has 3 heteroatoms. The Labute approximate surface area is 74.5 Å². The van der Waals surface area contributed by atoms with E-state index in [1.165, 1.54) is 0 Å². The van der Waals surface area contributed by atoms with Crippen LogP contribution < -0.4 is 0 Å². The van der Waals surface area contributed by atoms with Crippen molar-refractivity contribution in [3.8, 4) is 0 Å². The van der Waals surface area contributed by atoms with E-state index in [2.05, 4.69) is 18.7 Å². The van der Waals surface area contributed by atoms with Gasteiger partial charge in [-0.3, -0.25) is 0 Å². The van der Waals surface area contributed by atoms with Crippen LogP contribution in [0.1, 0.15) is 20.3 Å². The van der Waals surface area contributed by atoms with E-state index >= 15 is 0 Å². The number of ether oxygens (including phenoxy) is 1. The van der Waals surface area contributed by atoms with Gasteiger partial charge in [0.15, 0.2) is 5.05 Å². The number of thiocarbonyl (C=S) groups is 1. The van der Waals surface area contributed by atoms with Crippen molar-refractivity contribution in [1.82, 2.24) is 4.90 Å². The van der Waals surface area contributed by atoms with Crippen molar-refractivity contribution >= 4 is 17.3 Å². The molecule has 0 fully saturated rings. The highest BCUT2D eigenvalue weighted by molar-refractivity contribution is 7.80. The smallest absolute Gasteiger partial charge is 0.160 e. The van der Waals surface area contributed by atoms with Crippen LogP contribution in [0.5, 0.6) is 0 Å². The summed E-state index contributed by atoms with van der Waals surface area (Å²) in [6.07, 6.45) is 0.869. The van der Waals surface area contributed by atoms with Crippen molar-refractivity contribution in [1.29, 1.82) is 0 Å². The Hall–Kier alpha value is -0.150. The minimum absolute atomic E-state index is 0.705. The summed E-state index contributed by atoms with van der Waals surface area (Å²) < 4.78 is 4.89. The lowest BCUT2D eigenvalue weighted by Crippen LogP contribution is -2.25. The van der Waals surface area contributed by atoms with Gasteiger partial charge in [-0.1, -0.05) is 13.8 Å². The summed E-state index contributed by atoms with van der Waals surface area (Å²) in [4.78, 5) is 2.32. The van der Waals surface area contributed by atoms with Crippen molar-refractivity contribution in [3.05, 3.63) is 0 Å². The predicted molar refractivity (Wildman–Crippen MR) is 52.0 cm³/mol. The third kappa shape index (κ3) is 5.16. The lowest BCUT2D eigenvalue weighted by molar-refractivity contribution is 0.302. The van der Waals surface area contributed by atoms with Crippen LogP contribution in [0.15, 0.2) is 0 Å². The molecule has 0 spiro atoms. The zero-order valence-corrected chi connectivity index (χ0v) is 8.41. The first-order valence-electron chi connectivity index (χ1n) is 4.03. The molecular weight excluding hydrogens is 158 g/mol. The highest BCUT2D eigenvalue weighted by atomic mass is 32.1. The fourth-order valence-corrected chi connectivity index (χ4v) is 0.983. The maximum Gasteiger partial charge on any atom is 0.160 e. The van der Waals surface area contributed by atoms with E-state index in [1.54, 1.807) is 7.11 Å². The Balaban J connectivity index is 3.42. The van der Waals surface area contributed by atoms with Gasteiger partial charge in [0.2, 0.25) is 0 Å². The third-order valence-corrected chi connectivity index (χ3v) is 2.13. The molecule has 0 aliphatic heterocycles. The molecule has 0 aromatic carbocycles. The van der Waals surface area contributed by atoms with E-state index < -0.39 is 0 Å². The van der Waals surface area contributed by atoms with Gasteiger partial charge >= 0.3 is 0 Å². The standard InChI is InChI=1S/C8H17NOS/c1-4-9(5-2)7-6-8(11)10-3/h4-7H2,1-3H3. The second-order valence-electron chi connectivity index (χ2n) is 2.35. The van der Waals surface area contributed by atoms with Gasteiger partial charge in [0.05, 0.1) is 7.11 Å². The quantitative estimate of drug-likeness (QED) is 0.590. The summed E-state index contributed by atoms with van der Waals surface area (Å²) in [7, 11) is 1.63. The molecule has 2 nitrogen and oxygen atoms in total. The van der Waals surface area contributed by atoms with Crippen LogP contribution in [0.25, 0.3) is 0 Å². The topological polar surface area (TPSA) is 12.5 Å². The first-order chi connectivity index (χ1) is 5.24. The fourth-order valence-electron chi connectivity index (χ4n) is 0.891. The normalized spacial score (nSPS) is 10.2. The summed E-state index contributed by atoms with van der Waals surface area (Å²) in [6, 6.07) is 0. The van der Waals surface area contributed by atoms with E-state index in [9.17, 15) is 0 Å². The van der Waals surface area contributed by atoms with Crippen LogP contribution in [-0.4, -0.2) is 36.7 Å². The molecule has 11 heavy (non-hydrogen) atoms. The minimum Gasteiger partial charge on any atom is -0.490 e. The van der Waals surface area contributed by atoms with Crippen LogP contribution in [0.2, 0.25) is 0 Å². The van der Waals surface area contributed by atoms with E-state index in [0.29, 0.717) is 5.05 Å². The van der Waals surface area contributed by atoms with Crippen molar-refractivity contribution in [3.63, 3.8) is 0 Å². The number of hydrogen-bond acceptors (Lipinski definition) is 3. The molecule has 0 aromatic heterocycles.